The first-order valence-electron chi connectivity index (χ1n) is 10.6. The zero-order chi connectivity index (χ0) is 22.1. The van der Waals surface area contributed by atoms with Crippen LogP contribution in [0.5, 0.6) is 0 Å². The van der Waals surface area contributed by atoms with E-state index in [0.29, 0.717) is 17.8 Å². The zero-order valence-corrected chi connectivity index (χ0v) is 18.9. The van der Waals surface area contributed by atoms with Crippen LogP contribution in [0.4, 0.5) is 0 Å². The monoisotopic (exact) mass is 438 g/mol. The van der Waals surface area contributed by atoms with Crippen molar-refractivity contribution in [2.75, 3.05) is 6.61 Å². The molecule has 2 aromatic rings. The average Bonchev–Trinajstić information content (AvgIpc) is 2.80. The van der Waals surface area contributed by atoms with E-state index in [1.165, 1.54) is 18.4 Å². The molecule has 6 heteroatoms. The van der Waals surface area contributed by atoms with Crippen LogP contribution in [0.15, 0.2) is 73.3 Å². The lowest BCUT2D eigenvalue weighted by Crippen LogP contribution is -2.50. The van der Waals surface area contributed by atoms with Crippen LogP contribution >= 0.6 is 0 Å². The molecule has 5 nitrogen and oxygen atoms in total. The van der Waals surface area contributed by atoms with Crippen LogP contribution in [0.2, 0.25) is 0 Å². The molecule has 1 aliphatic carbocycles. The fraction of sp³-hybridized carbons (Fsp3) is 0.360. The Kier molecular flexibility index (Phi) is 8.20. The molecule has 1 aromatic carbocycles. The minimum atomic E-state index is -2.21. The van der Waals surface area contributed by atoms with Crippen molar-refractivity contribution in [1.82, 2.24) is 10.3 Å². The summed E-state index contributed by atoms with van der Waals surface area (Å²) in [5.74, 6) is 0. The minimum absolute atomic E-state index is 0.251. The molecule has 2 heterocycles. The molecule has 31 heavy (non-hydrogen) atoms. The Morgan fingerprint density at radius 2 is 1.87 bits per heavy atom. The Morgan fingerprint density at radius 3 is 2.42 bits per heavy atom. The number of nitrogens with one attached hydrogen (secondary N) is 1. The van der Waals surface area contributed by atoms with Gasteiger partial charge in [-0.05, 0) is 47.8 Å². The van der Waals surface area contributed by atoms with Crippen molar-refractivity contribution in [3.8, 4) is 0 Å². The van der Waals surface area contributed by atoms with E-state index in [-0.39, 0.29) is 11.5 Å². The van der Waals surface area contributed by atoms with Crippen LogP contribution < -0.4 is 5.32 Å². The summed E-state index contributed by atoms with van der Waals surface area (Å²) in [4.78, 5) is 4.54. The highest BCUT2D eigenvalue weighted by molar-refractivity contribution is 7.73. The predicted molar refractivity (Wildman–Crippen MR) is 126 cm³/mol. The Morgan fingerprint density at radius 1 is 1.13 bits per heavy atom. The number of pyridine rings is 1. The van der Waals surface area contributed by atoms with Gasteiger partial charge in [0, 0.05) is 30.8 Å². The fourth-order valence-corrected chi connectivity index (χ4v) is 4.78. The molecule has 4 rings (SSSR count). The maximum absolute atomic E-state index is 11.8. The van der Waals surface area contributed by atoms with E-state index in [0.717, 1.165) is 17.7 Å². The maximum Gasteiger partial charge on any atom is 0.215 e. The molecule has 1 unspecified atom stereocenters. The number of hydrogen-bond donors (Lipinski definition) is 1. The molecule has 1 atom stereocenters. The molecule has 0 saturated heterocycles. The summed E-state index contributed by atoms with van der Waals surface area (Å²) in [6.45, 7) is 5.71. The summed E-state index contributed by atoms with van der Waals surface area (Å²) < 4.78 is 28.5. The number of benzene rings is 1. The largest absolute Gasteiger partial charge is 0.502 e. The van der Waals surface area contributed by atoms with Crippen molar-refractivity contribution in [3.63, 3.8) is 0 Å². The van der Waals surface area contributed by atoms with Crippen molar-refractivity contribution >= 4 is 20.7 Å². The average molecular weight is 439 g/mol. The van der Waals surface area contributed by atoms with Crippen LogP contribution in [0.25, 0.3) is 5.57 Å². The maximum atomic E-state index is 11.8. The van der Waals surface area contributed by atoms with Gasteiger partial charge in [-0.3, -0.25) is 4.98 Å². The van der Waals surface area contributed by atoms with Crippen molar-refractivity contribution < 1.29 is 13.2 Å². The Bertz CT molecular complexity index is 1030. The fourth-order valence-electron chi connectivity index (χ4n) is 3.99. The summed E-state index contributed by atoms with van der Waals surface area (Å²) in [5, 5.41) is 3.46. The summed E-state index contributed by atoms with van der Waals surface area (Å²) in [6.07, 6.45) is 12.2. The van der Waals surface area contributed by atoms with Gasteiger partial charge in [0.15, 0.2) is 0 Å². The van der Waals surface area contributed by atoms with Gasteiger partial charge in [-0.25, -0.2) is 0 Å². The smallest absolute Gasteiger partial charge is 0.215 e. The SMILES string of the molecule is C1=COCCC1.CC1(C)C(c2ccccc2)=CCC(=S(=O)=O)C1NCc1ccncc1. The minimum Gasteiger partial charge on any atom is -0.502 e. The highest BCUT2D eigenvalue weighted by Crippen LogP contribution is 2.41. The standard InChI is InChI=1S/C20H22N2O2S.C5H8O/c1-20(2)17(16-6-4-3-5-7-16)8-9-18(25(23)24)19(20)22-14-15-10-12-21-13-11-15;1-2-4-6-5-3-1/h3-8,10-13,19,22H,9,14H2,1-2H3;2,4H,1,3,5H2. The lowest BCUT2D eigenvalue weighted by molar-refractivity contribution is 0.231. The van der Waals surface area contributed by atoms with Gasteiger partial charge < -0.3 is 10.1 Å². The Hall–Kier alpha value is -2.70. The zero-order valence-electron chi connectivity index (χ0n) is 18.1. The van der Waals surface area contributed by atoms with Crippen LogP contribution in [0.1, 0.15) is 44.2 Å². The second kappa shape index (κ2) is 11.1. The number of hydrogen-bond acceptors (Lipinski definition) is 5. The highest BCUT2D eigenvalue weighted by atomic mass is 32.2. The highest BCUT2D eigenvalue weighted by Gasteiger charge is 2.40. The molecule has 0 spiro atoms. The molecular weight excluding hydrogens is 408 g/mol. The first kappa shape index (κ1) is 23.0. The van der Waals surface area contributed by atoms with E-state index < -0.39 is 10.3 Å². The quantitative estimate of drug-likeness (QED) is 0.716. The van der Waals surface area contributed by atoms with E-state index in [1.54, 1.807) is 18.7 Å². The van der Waals surface area contributed by atoms with E-state index in [9.17, 15) is 8.42 Å². The number of nitrogens with zero attached hydrogens (tertiary/aromatic N) is 1. The normalized spacial score (nSPS) is 19.5. The van der Waals surface area contributed by atoms with Gasteiger partial charge in [0.25, 0.3) is 0 Å². The third kappa shape index (κ3) is 6.15. The second-order valence-corrected chi connectivity index (χ2v) is 9.16. The van der Waals surface area contributed by atoms with Gasteiger partial charge >= 0.3 is 0 Å². The van der Waals surface area contributed by atoms with Crippen molar-refractivity contribution in [3.05, 3.63) is 84.4 Å². The third-order valence-electron chi connectivity index (χ3n) is 5.63. The van der Waals surface area contributed by atoms with Gasteiger partial charge in [0.2, 0.25) is 10.3 Å². The first-order valence-corrected chi connectivity index (χ1v) is 11.7. The second-order valence-electron chi connectivity index (χ2n) is 8.16. The molecule has 0 fully saturated rings. The van der Waals surface area contributed by atoms with E-state index in [4.69, 9.17) is 4.74 Å². The Balaban J connectivity index is 0.000000391. The van der Waals surface area contributed by atoms with E-state index >= 15 is 0 Å². The molecule has 0 amide bonds. The van der Waals surface area contributed by atoms with E-state index in [2.05, 4.69) is 36.3 Å². The predicted octanol–water partition coefficient (Wildman–Crippen LogP) is 4.42. The van der Waals surface area contributed by atoms with Crippen molar-refractivity contribution in [2.45, 2.75) is 45.7 Å². The lowest BCUT2D eigenvalue weighted by atomic mass is 9.69. The van der Waals surface area contributed by atoms with Crippen molar-refractivity contribution in [2.24, 2.45) is 5.41 Å². The number of aromatic nitrogens is 1. The molecule has 2 aliphatic rings. The van der Waals surface area contributed by atoms with Crippen LogP contribution in [0.3, 0.4) is 0 Å². The van der Waals surface area contributed by atoms with Crippen LogP contribution in [0, 0.1) is 5.41 Å². The molecule has 0 saturated carbocycles. The molecule has 1 aromatic heterocycles. The number of ether oxygens (including phenoxy) is 1. The van der Waals surface area contributed by atoms with Gasteiger partial charge in [-0.15, -0.1) is 0 Å². The summed E-state index contributed by atoms with van der Waals surface area (Å²) in [7, 11) is -2.21. The summed E-state index contributed by atoms with van der Waals surface area (Å²) in [6, 6.07) is 13.8. The molecule has 164 valence electrons. The Labute approximate surface area is 186 Å². The lowest BCUT2D eigenvalue weighted by Gasteiger charge is -2.40. The number of allylic oxidation sites excluding steroid dienone is 2. The molecule has 0 radical (unpaired) electrons. The topological polar surface area (TPSA) is 68.3 Å². The number of rotatable bonds is 4. The van der Waals surface area contributed by atoms with Gasteiger partial charge in [0.1, 0.15) is 0 Å². The molecule has 1 aliphatic heterocycles. The first-order chi connectivity index (χ1) is 15.0. The van der Waals surface area contributed by atoms with Gasteiger partial charge in [0.05, 0.1) is 23.8 Å². The summed E-state index contributed by atoms with van der Waals surface area (Å²) >= 11 is 0. The molecule has 1 N–H and O–H groups in total. The van der Waals surface area contributed by atoms with Gasteiger partial charge in [-0.1, -0.05) is 50.3 Å². The molecular formula is C25H30N2O3S. The van der Waals surface area contributed by atoms with Gasteiger partial charge in [-0.2, -0.15) is 8.42 Å². The van der Waals surface area contributed by atoms with E-state index in [1.807, 2.05) is 42.5 Å². The third-order valence-corrected chi connectivity index (χ3v) is 6.46. The summed E-state index contributed by atoms with van der Waals surface area (Å²) in [5.41, 5.74) is 3.05. The van der Waals surface area contributed by atoms with Crippen molar-refractivity contribution in [1.29, 1.82) is 0 Å². The van der Waals surface area contributed by atoms with Crippen LogP contribution in [-0.4, -0.2) is 30.9 Å². The molecule has 0 bridgehead atoms. The van der Waals surface area contributed by atoms with Crippen LogP contribution in [-0.2, 0) is 21.6 Å².